The number of benzene rings is 1. The Labute approximate surface area is 112 Å². The van der Waals surface area contributed by atoms with Gasteiger partial charge in [0.25, 0.3) is 0 Å². The van der Waals surface area contributed by atoms with Gasteiger partial charge in [-0.3, -0.25) is 0 Å². The topological polar surface area (TPSA) is 21.3 Å². The first-order chi connectivity index (χ1) is 8.78. The molecule has 0 fully saturated rings. The lowest BCUT2D eigenvalue weighted by Crippen LogP contribution is -2.20. The number of halogens is 3. The number of aryl methyl sites for hydroxylation is 2. The summed E-state index contributed by atoms with van der Waals surface area (Å²) in [4.78, 5) is 0. The van der Waals surface area contributed by atoms with E-state index in [1.54, 1.807) is 14.2 Å². The second-order valence-electron chi connectivity index (χ2n) is 4.67. The highest BCUT2D eigenvalue weighted by Crippen LogP contribution is 2.31. The van der Waals surface area contributed by atoms with E-state index in [4.69, 9.17) is 4.74 Å². The highest BCUT2D eigenvalue weighted by molar-refractivity contribution is 5.42. The number of methoxy groups -OCH3 is 1. The Kier molecular flexibility index (Phi) is 5.23. The maximum Gasteiger partial charge on any atom is 0.389 e. The largest absolute Gasteiger partial charge is 0.496 e. The Morgan fingerprint density at radius 1 is 1.21 bits per heavy atom. The van der Waals surface area contributed by atoms with Gasteiger partial charge in [-0.15, -0.1) is 0 Å². The predicted molar refractivity (Wildman–Crippen MR) is 69.6 cm³/mol. The molecule has 1 aromatic rings. The summed E-state index contributed by atoms with van der Waals surface area (Å²) in [6, 6.07) is 3.46. The molecule has 5 heteroatoms. The molecule has 0 heterocycles. The molecule has 0 saturated carbocycles. The zero-order chi connectivity index (χ0) is 14.6. The molecule has 2 nitrogen and oxygen atoms in total. The number of nitrogens with one attached hydrogen (secondary N) is 1. The Hall–Kier alpha value is -1.23. The van der Waals surface area contributed by atoms with Crippen LogP contribution in [0.3, 0.4) is 0 Å². The highest BCUT2D eigenvalue weighted by Gasteiger charge is 2.28. The smallest absolute Gasteiger partial charge is 0.389 e. The summed E-state index contributed by atoms with van der Waals surface area (Å²) in [6.07, 6.45) is -4.87. The van der Waals surface area contributed by atoms with Crippen LogP contribution in [-0.4, -0.2) is 20.3 Å². The minimum Gasteiger partial charge on any atom is -0.496 e. The number of hydrogen-bond acceptors (Lipinski definition) is 2. The lowest BCUT2D eigenvalue weighted by molar-refractivity contribution is -0.136. The van der Waals surface area contributed by atoms with Gasteiger partial charge in [0.1, 0.15) is 5.75 Å². The summed E-state index contributed by atoms with van der Waals surface area (Å²) in [5.74, 6) is 0.756. The van der Waals surface area contributed by atoms with E-state index < -0.39 is 12.6 Å². The van der Waals surface area contributed by atoms with E-state index in [2.05, 4.69) is 5.32 Å². The molecule has 0 aliphatic rings. The van der Waals surface area contributed by atoms with Crippen molar-refractivity contribution in [2.24, 2.45) is 0 Å². The van der Waals surface area contributed by atoms with E-state index in [-0.39, 0.29) is 12.5 Å². The summed E-state index contributed by atoms with van der Waals surface area (Å²) in [5, 5.41) is 2.96. The molecule has 0 saturated heterocycles. The summed E-state index contributed by atoms with van der Waals surface area (Å²) in [6.45, 7) is 3.77. The van der Waals surface area contributed by atoms with Gasteiger partial charge >= 0.3 is 6.18 Å². The molecule has 108 valence electrons. The van der Waals surface area contributed by atoms with Crippen molar-refractivity contribution >= 4 is 0 Å². The fourth-order valence-electron chi connectivity index (χ4n) is 2.17. The Balaban J connectivity index is 2.95. The maximum absolute atomic E-state index is 12.3. The fourth-order valence-corrected chi connectivity index (χ4v) is 2.17. The van der Waals surface area contributed by atoms with Gasteiger partial charge in [-0.2, -0.15) is 13.2 Å². The van der Waals surface area contributed by atoms with Gasteiger partial charge in [-0.1, -0.05) is 6.07 Å². The Bertz CT molecular complexity index is 429. The van der Waals surface area contributed by atoms with Crippen LogP contribution in [-0.2, 0) is 0 Å². The summed E-state index contributed by atoms with van der Waals surface area (Å²) < 4.78 is 42.2. The average Bonchev–Trinajstić information content (AvgIpc) is 2.32. The van der Waals surface area contributed by atoms with Crippen LogP contribution in [0.4, 0.5) is 13.2 Å². The lowest BCUT2D eigenvalue weighted by atomic mass is 9.95. The minimum atomic E-state index is -4.12. The molecular weight excluding hydrogens is 255 g/mol. The highest BCUT2D eigenvalue weighted by atomic mass is 19.4. The van der Waals surface area contributed by atoms with Crippen LogP contribution in [0.1, 0.15) is 35.6 Å². The molecular formula is C14H20F3NO. The van der Waals surface area contributed by atoms with Crippen molar-refractivity contribution in [2.75, 3.05) is 14.2 Å². The van der Waals surface area contributed by atoms with Crippen LogP contribution >= 0.6 is 0 Å². The molecule has 0 aliphatic heterocycles. The van der Waals surface area contributed by atoms with Gasteiger partial charge in [-0.05, 0) is 50.1 Å². The first-order valence-electron chi connectivity index (χ1n) is 6.17. The molecule has 0 radical (unpaired) electrons. The molecule has 19 heavy (non-hydrogen) atoms. The third-order valence-corrected chi connectivity index (χ3v) is 3.22. The molecule has 1 rings (SSSR count). The number of ether oxygens (including phenoxy) is 1. The van der Waals surface area contributed by atoms with Gasteiger partial charge in [0.05, 0.1) is 7.11 Å². The van der Waals surface area contributed by atoms with Crippen LogP contribution in [0.5, 0.6) is 5.75 Å². The number of rotatable bonds is 5. The summed E-state index contributed by atoms with van der Waals surface area (Å²) >= 11 is 0. The number of hydrogen-bond donors (Lipinski definition) is 1. The first kappa shape index (κ1) is 15.8. The molecule has 0 spiro atoms. The molecule has 1 aromatic carbocycles. The van der Waals surface area contributed by atoms with Crippen molar-refractivity contribution in [3.8, 4) is 5.75 Å². The monoisotopic (exact) mass is 275 g/mol. The van der Waals surface area contributed by atoms with Crippen molar-refractivity contribution < 1.29 is 17.9 Å². The van der Waals surface area contributed by atoms with Crippen LogP contribution in [0.2, 0.25) is 0 Å². The van der Waals surface area contributed by atoms with Crippen molar-refractivity contribution in [1.82, 2.24) is 5.32 Å². The van der Waals surface area contributed by atoms with E-state index in [0.717, 1.165) is 22.4 Å². The van der Waals surface area contributed by atoms with Crippen molar-refractivity contribution in [3.05, 3.63) is 28.8 Å². The molecule has 0 aromatic heterocycles. The van der Waals surface area contributed by atoms with Crippen LogP contribution in [0, 0.1) is 13.8 Å². The molecule has 0 amide bonds. The van der Waals surface area contributed by atoms with Gasteiger partial charge in [0.2, 0.25) is 0 Å². The lowest BCUT2D eigenvalue weighted by Gasteiger charge is -2.21. The first-order valence-corrected chi connectivity index (χ1v) is 6.17. The van der Waals surface area contributed by atoms with Gasteiger partial charge < -0.3 is 10.1 Å². The van der Waals surface area contributed by atoms with E-state index in [1.807, 2.05) is 26.0 Å². The zero-order valence-corrected chi connectivity index (χ0v) is 11.7. The van der Waals surface area contributed by atoms with Gasteiger partial charge in [0, 0.05) is 12.5 Å². The normalized spacial score (nSPS) is 13.4. The minimum absolute atomic E-state index is 0.0343. The third kappa shape index (κ3) is 4.42. The molecule has 1 unspecified atom stereocenters. The standard InChI is InChI=1S/C14H20F3NO/c1-9-8-13(19-4)10(2)7-11(9)12(18-3)5-6-14(15,16)17/h7-8,12,18H,5-6H2,1-4H3. The SMILES string of the molecule is CNC(CCC(F)(F)F)c1cc(C)c(OC)cc1C. The maximum atomic E-state index is 12.3. The van der Waals surface area contributed by atoms with E-state index >= 15 is 0 Å². The fraction of sp³-hybridized carbons (Fsp3) is 0.571. The Morgan fingerprint density at radius 2 is 1.84 bits per heavy atom. The van der Waals surface area contributed by atoms with Crippen LogP contribution < -0.4 is 10.1 Å². The van der Waals surface area contributed by atoms with Crippen LogP contribution in [0.15, 0.2) is 12.1 Å². The number of alkyl halides is 3. The predicted octanol–water partition coefficient (Wildman–Crippen LogP) is 3.92. The van der Waals surface area contributed by atoms with E-state index in [9.17, 15) is 13.2 Å². The average molecular weight is 275 g/mol. The van der Waals surface area contributed by atoms with Gasteiger partial charge in [0.15, 0.2) is 0 Å². The summed E-state index contributed by atoms with van der Waals surface area (Å²) in [5.41, 5.74) is 2.75. The molecule has 0 aliphatic carbocycles. The quantitative estimate of drug-likeness (QED) is 0.879. The van der Waals surface area contributed by atoms with Crippen molar-refractivity contribution in [3.63, 3.8) is 0 Å². The molecule has 1 atom stereocenters. The summed E-state index contributed by atoms with van der Waals surface area (Å²) in [7, 11) is 3.26. The van der Waals surface area contributed by atoms with Crippen LogP contribution in [0.25, 0.3) is 0 Å². The van der Waals surface area contributed by atoms with E-state index in [0.29, 0.717) is 0 Å². The zero-order valence-electron chi connectivity index (χ0n) is 11.7. The van der Waals surface area contributed by atoms with Gasteiger partial charge in [-0.25, -0.2) is 0 Å². The van der Waals surface area contributed by atoms with Crippen molar-refractivity contribution in [2.45, 2.75) is 38.9 Å². The van der Waals surface area contributed by atoms with Crippen molar-refractivity contribution in [1.29, 1.82) is 0 Å². The Morgan fingerprint density at radius 3 is 2.32 bits per heavy atom. The third-order valence-electron chi connectivity index (χ3n) is 3.22. The second kappa shape index (κ2) is 6.28. The second-order valence-corrected chi connectivity index (χ2v) is 4.67. The molecule has 1 N–H and O–H groups in total. The van der Waals surface area contributed by atoms with E-state index in [1.165, 1.54) is 0 Å². The molecule has 0 bridgehead atoms.